The van der Waals surface area contributed by atoms with E-state index in [9.17, 15) is 14.4 Å². The molecule has 0 saturated carbocycles. The molecule has 3 aliphatic rings. The highest BCUT2D eigenvalue weighted by Gasteiger charge is 2.49. The number of likely N-dealkylation sites (tertiary alicyclic amines) is 2. The Bertz CT molecular complexity index is 799. The second-order valence-corrected chi connectivity index (χ2v) is 9.49. The number of rotatable bonds is 4. The van der Waals surface area contributed by atoms with Crippen molar-refractivity contribution in [3.05, 3.63) is 27.8 Å². The Morgan fingerprint density at radius 1 is 1.00 bits per heavy atom. The van der Waals surface area contributed by atoms with Gasteiger partial charge in [0.15, 0.2) is 0 Å². The standard InChI is InChI=1S/C21H27IN4O3/c22-15-4-6-16(7-5-15)26-18(27)14-17(19(26)28)24-12-8-21(9-13-24,20(23)29)25-10-2-1-3-11-25/h4-7,17H,1-3,8-14H2,(H2,23,29)/t17-/m1/s1. The minimum Gasteiger partial charge on any atom is -0.368 e. The molecule has 1 aromatic carbocycles. The van der Waals surface area contributed by atoms with Crippen LogP contribution in [0.2, 0.25) is 0 Å². The summed E-state index contributed by atoms with van der Waals surface area (Å²) in [6, 6.07) is 6.96. The van der Waals surface area contributed by atoms with Gasteiger partial charge in [0.05, 0.1) is 18.2 Å². The third kappa shape index (κ3) is 3.82. The molecular weight excluding hydrogens is 483 g/mol. The molecule has 0 unspecified atom stereocenters. The van der Waals surface area contributed by atoms with Crippen molar-refractivity contribution >= 4 is 46.0 Å². The molecule has 1 aromatic rings. The number of primary amides is 1. The number of carbonyl (C=O) groups excluding carboxylic acids is 3. The molecule has 0 radical (unpaired) electrons. The predicted octanol–water partition coefficient (Wildman–Crippen LogP) is 1.73. The van der Waals surface area contributed by atoms with Gasteiger partial charge in [0.2, 0.25) is 11.8 Å². The number of amides is 3. The number of carbonyl (C=O) groups is 3. The summed E-state index contributed by atoms with van der Waals surface area (Å²) in [4.78, 5) is 43.7. The largest absolute Gasteiger partial charge is 0.368 e. The van der Waals surface area contributed by atoms with Crippen molar-refractivity contribution in [2.45, 2.75) is 50.1 Å². The zero-order chi connectivity index (χ0) is 20.6. The summed E-state index contributed by atoms with van der Waals surface area (Å²) in [5.74, 6) is -0.585. The lowest BCUT2D eigenvalue weighted by Gasteiger charge is -2.48. The number of anilines is 1. The molecule has 0 aliphatic carbocycles. The Hall–Kier alpha value is -1.52. The van der Waals surface area contributed by atoms with Gasteiger partial charge in [-0.1, -0.05) is 6.42 Å². The predicted molar refractivity (Wildman–Crippen MR) is 118 cm³/mol. The smallest absolute Gasteiger partial charge is 0.251 e. The first-order valence-electron chi connectivity index (χ1n) is 10.3. The number of hydrogen-bond donors (Lipinski definition) is 1. The number of piperidine rings is 2. The molecule has 0 bridgehead atoms. The number of benzene rings is 1. The van der Waals surface area contributed by atoms with Crippen LogP contribution in [-0.2, 0) is 14.4 Å². The van der Waals surface area contributed by atoms with E-state index >= 15 is 0 Å². The maximum absolute atomic E-state index is 13.1. The molecule has 3 saturated heterocycles. The number of imide groups is 1. The number of nitrogens with zero attached hydrogens (tertiary/aromatic N) is 3. The van der Waals surface area contributed by atoms with E-state index in [0.29, 0.717) is 31.6 Å². The van der Waals surface area contributed by atoms with Gasteiger partial charge in [-0.2, -0.15) is 0 Å². The second kappa shape index (κ2) is 8.31. The van der Waals surface area contributed by atoms with E-state index in [4.69, 9.17) is 5.73 Å². The first-order chi connectivity index (χ1) is 13.9. The molecule has 2 N–H and O–H groups in total. The van der Waals surface area contributed by atoms with Crippen LogP contribution in [0.4, 0.5) is 5.69 Å². The first kappa shape index (κ1) is 20.7. The average Bonchev–Trinajstić information content (AvgIpc) is 3.03. The summed E-state index contributed by atoms with van der Waals surface area (Å²) in [5, 5.41) is 0. The Balaban J connectivity index is 1.47. The molecule has 7 nitrogen and oxygen atoms in total. The molecule has 4 rings (SSSR count). The van der Waals surface area contributed by atoms with Gasteiger partial charge in [-0.25, -0.2) is 4.90 Å². The third-order valence-electron chi connectivity index (χ3n) is 6.69. The topological polar surface area (TPSA) is 87.0 Å². The minimum absolute atomic E-state index is 0.163. The summed E-state index contributed by atoms with van der Waals surface area (Å²) in [6.07, 6.45) is 4.81. The molecule has 1 atom stereocenters. The lowest BCUT2D eigenvalue weighted by Crippen LogP contribution is -2.64. The number of hydrogen-bond acceptors (Lipinski definition) is 5. The van der Waals surface area contributed by atoms with Crippen molar-refractivity contribution in [2.75, 3.05) is 31.1 Å². The molecule has 3 heterocycles. The molecule has 0 spiro atoms. The van der Waals surface area contributed by atoms with E-state index < -0.39 is 11.6 Å². The van der Waals surface area contributed by atoms with Crippen LogP contribution in [0.25, 0.3) is 0 Å². The minimum atomic E-state index is -0.613. The molecule has 3 aliphatic heterocycles. The number of nitrogens with two attached hydrogens (primary N) is 1. The third-order valence-corrected chi connectivity index (χ3v) is 7.41. The normalized spacial score (nSPS) is 26.1. The molecule has 3 amide bonds. The van der Waals surface area contributed by atoms with Crippen molar-refractivity contribution < 1.29 is 14.4 Å². The van der Waals surface area contributed by atoms with E-state index in [1.807, 2.05) is 24.3 Å². The fraction of sp³-hybridized carbons (Fsp3) is 0.571. The first-order valence-corrected chi connectivity index (χ1v) is 11.4. The van der Waals surface area contributed by atoms with Crippen molar-refractivity contribution in [2.24, 2.45) is 5.73 Å². The van der Waals surface area contributed by atoms with Crippen molar-refractivity contribution in [1.82, 2.24) is 9.80 Å². The summed E-state index contributed by atoms with van der Waals surface area (Å²) < 4.78 is 1.05. The van der Waals surface area contributed by atoms with Gasteiger partial charge in [-0.3, -0.25) is 24.2 Å². The highest BCUT2D eigenvalue weighted by atomic mass is 127. The van der Waals surface area contributed by atoms with Gasteiger partial charge in [-0.15, -0.1) is 0 Å². The molecule has 0 aromatic heterocycles. The van der Waals surface area contributed by atoms with Gasteiger partial charge < -0.3 is 5.73 Å². The van der Waals surface area contributed by atoms with E-state index in [1.54, 1.807) is 0 Å². The summed E-state index contributed by atoms with van der Waals surface area (Å²) >= 11 is 2.20. The van der Waals surface area contributed by atoms with Crippen LogP contribution in [-0.4, -0.2) is 65.3 Å². The Morgan fingerprint density at radius 3 is 2.21 bits per heavy atom. The van der Waals surface area contributed by atoms with Gasteiger partial charge in [-0.05, 0) is 85.6 Å². The molecule has 8 heteroatoms. The molecule has 156 valence electrons. The maximum atomic E-state index is 13.1. The zero-order valence-electron chi connectivity index (χ0n) is 16.5. The van der Waals surface area contributed by atoms with Crippen LogP contribution in [0.5, 0.6) is 0 Å². The highest BCUT2D eigenvalue weighted by molar-refractivity contribution is 14.1. The monoisotopic (exact) mass is 510 g/mol. The van der Waals surface area contributed by atoms with Crippen LogP contribution in [0.15, 0.2) is 24.3 Å². The Labute approximate surface area is 184 Å². The average molecular weight is 510 g/mol. The van der Waals surface area contributed by atoms with E-state index in [1.165, 1.54) is 11.3 Å². The zero-order valence-corrected chi connectivity index (χ0v) is 18.6. The van der Waals surface area contributed by atoms with Crippen LogP contribution in [0, 0.1) is 3.57 Å². The lowest BCUT2D eigenvalue weighted by molar-refractivity contribution is -0.136. The molecule has 3 fully saturated rings. The van der Waals surface area contributed by atoms with Crippen molar-refractivity contribution in [3.8, 4) is 0 Å². The molecular formula is C21H27IN4O3. The fourth-order valence-corrected chi connectivity index (χ4v) is 5.37. The summed E-state index contributed by atoms with van der Waals surface area (Å²) in [6.45, 7) is 3.02. The maximum Gasteiger partial charge on any atom is 0.251 e. The van der Waals surface area contributed by atoms with Crippen molar-refractivity contribution in [3.63, 3.8) is 0 Å². The summed E-state index contributed by atoms with van der Waals surface area (Å²) in [7, 11) is 0. The fourth-order valence-electron chi connectivity index (χ4n) is 5.01. The summed E-state index contributed by atoms with van der Waals surface area (Å²) in [5.41, 5.74) is 5.87. The van der Waals surface area contributed by atoms with Crippen LogP contribution in [0.1, 0.15) is 38.5 Å². The Kier molecular flexibility index (Phi) is 5.94. The van der Waals surface area contributed by atoms with Gasteiger partial charge in [0.1, 0.15) is 5.54 Å². The van der Waals surface area contributed by atoms with E-state index in [0.717, 1.165) is 29.5 Å². The Morgan fingerprint density at radius 2 is 1.62 bits per heavy atom. The van der Waals surface area contributed by atoms with Gasteiger partial charge in [0, 0.05) is 16.7 Å². The van der Waals surface area contributed by atoms with E-state index in [-0.39, 0.29) is 24.1 Å². The lowest BCUT2D eigenvalue weighted by atomic mass is 9.83. The highest BCUT2D eigenvalue weighted by Crippen LogP contribution is 2.34. The van der Waals surface area contributed by atoms with Crippen LogP contribution in [0.3, 0.4) is 0 Å². The van der Waals surface area contributed by atoms with Crippen LogP contribution < -0.4 is 10.6 Å². The second-order valence-electron chi connectivity index (χ2n) is 8.24. The van der Waals surface area contributed by atoms with Gasteiger partial charge >= 0.3 is 0 Å². The quantitative estimate of drug-likeness (QED) is 0.493. The van der Waals surface area contributed by atoms with Gasteiger partial charge in [0.25, 0.3) is 5.91 Å². The SMILES string of the molecule is NC(=O)C1(N2CCCCC2)CCN([C@@H]2CC(=O)N(c3ccc(I)cc3)C2=O)CC1. The van der Waals surface area contributed by atoms with E-state index in [2.05, 4.69) is 32.4 Å². The number of halogens is 1. The van der Waals surface area contributed by atoms with Crippen molar-refractivity contribution in [1.29, 1.82) is 0 Å². The molecule has 29 heavy (non-hydrogen) atoms. The van der Waals surface area contributed by atoms with Crippen LogP contribution >= 0.6 is 22.6 Å².